The summed E-state index contributed by atoms with van der Waals surface area (Å²) in [6.45, 7) is 12.9. The SMILES string of the molecule is Cc1ccc(OCC(=O)NCCCc2oc(C(C)(C)C)nc2C)cc1C. The van der Waals surface area contributed by atoms with E-state index in [0.717, 1.165) is 41.5 Å². The van der Waals surface area contributed by atoms with Gasteiger partial charge in [-0.15, -0.1) is 0 Å². The summed E-state index contributed by atoms with van der Waals surface area (Å²) >= 11 is 0. The number of benzene rings is 1. The van der Waals surface area contributed by atoms with Crippen LogP contribution in [0.3, 0.4) is 0 Å². The lowest BCUT2D eigenvalue weighted by atomic mass is 9.97. The summed E-state index contributed by atoms with van der Waals surface area (Å²) in [7, 11) is 0. The number of rotatable bonds is 7. The van der Waals surface area contributed by atoms with E-state index >= 15 is 0 Å². The summed E-state index contributed by atoms with van der Waals surface area (Å²) in [4.78, 5) is 16.4. The Morgan fingerprint density at radius 3 is 2.54 bits per heavy atom. The molecule has 2 aromatic rings. The molecule has 0 spiro atoms. The average Bonchev–Trinajstić information content (AvgIpc) is 2.94. The van der Waals surface area contributed by atoms with Gasteiger partial charge in [0.05, 0.1) is 5.69 Å². The van der Waals surface area contributed by atoms with Gasteiger partial charge in [0.2, 0.25) is 0 Å². The average molecular weight is 358 g/mol. The predicted molar refractivity (Wildman–Crippen MR) is 103 cm³/mol. The zero-order valence-corrected chi connectivity index (χ0v) is 16.7. The Balaban J connectivity index is 1.72. The van der Waals surface area contributed by atoms with Crippen molar-refractivity contribution in [2.24, 2.45) is 0 Å². The first-order valence-corrected chi connectivity index (χ1v) is 9.10. The number of hydrogen-bond acceptors (Lipinski definition) is 4. The molecule has 26 heavy (non-hydrogen) atoms. The smallest absolute Gasteiger partial charge is 0.257 e. The lowest BCUT2D eigenvalue weighted by molar-refractivity contribution is -0.123. The molecule has 0 aliphatic carbocycles. The standard InChI is InChI=1S/C21H30N2O3/c1-14-9-10-17(12-15(14)2)25-13-19(24)22-11-7-8-18-16(3)23-20(26-18)21(4,5)6/h9-10,12H,7-8,11,13H2,1-6H3,(H,22,24). The first kappa shape index (κ1) is 20.0. The van der Waals surface area contributed by atoms with E-state index in [2.05, 4.69) is 31.1 Å². The fourth-order valence-electron chi connectivity index (χ4n) is 2.46. The molecule has 0 aliphatic heterocycles. The number of carbonyl (C=O) groups is 1. The summed E-state index contributed by atoms with van der Waals surface area (Å²) in [5.41, 5.74) is 3.20. The van der Waals surface area contributed by atoms with Crippen molar-refractivity contribution in [3.8, 4) is 5.75 Å². The van der Waals surface area contributed by atoms with Crippen molar-refractivity contribution < 1.29 is 13.9 Å². The van der Waals surface area contributed by atoms with Crippen LogP contribution in [-0.2, 0) is 16.6 Å². The van der Waals surface area contributed by atoms with Crippen molar-refractivity contribution >= 4 is 5.91 Å². The second-order valence-electron chi connectivity index (χ2n) is 7.77. The second kappa shape index (κ2) is 8.39. The first-order valence-electron chi connectivity index (χ1n) is 9.10. The highest BCUT2D eigenvalue weighted by molar-refractivity contribution is 5.77. The fraction of sp³-hybridized carbons (Fsp3) is 0.524. The van der Waals surface area contributed by atoms with E-state index in [1.54, 1.807) is 0 Å². The molecule has 0 bridgehead atoms. The van der Waals surface area contributed by atoms with Gasteiger partial charge in [-0.1, -0.05) is 26.8 Å². The van der Waals surface area contributed by atoms with E-state index in [4.69, 9.17) is 9.15 Å². The molecule has 142 valence electrons. The maximum Gasteiger partial charge on any atom is 0.257 e. The van der Waals surface area contributed by atoms with Crippen molar-refractivity contribution in [2.75, 3.05) is 13.2 Å². The van der Waals surface area contributed by atoms with Crippen LogP contribution in [0.4, 0.5) is 0 Å². The molecule has 0 atom stereocenters. The Morgan fingerprint density at radius 1 is 1.19 bits per heavy atom. The van der Waals surface area contributed by atoms with Gasteiger partial charge in [0.15, 0.2) is 12.5 Å². The van der Waals surface area contributed by atoms with Crippen molar-refractivity contribution in [3.05, 3.63) is 46.7 Å². The largest absolute Gasteiger partial charge is 0.484 e. The quantitative estimate of drug-likeness (QED) is 0.759. The Bertz CT molecular complexity index is 757. The normalized spacial score (nSPS) is 11.5. The third-order valence-corrected chi connectivity index (χ3v) is 4.29. The Morgan fingerprint density at radius 2 is 1.92 bits per heavy atom. The van der Waals surface area contributed by atoms with Gasteiger partial charge < -0.3 is 14.5 Å². The van der Waals surface area contributed by atoms with Crippen LogP contribution < -0.4 is 10.1 Å². The van der Waals surface area contributed by atoms with Crippen LogP contribution in [-0.4, -0.2) is 24.0 Å². The van der Waals surface area contributed by atoms with Crippen LogP contribution in [0.15, 0.2) is 22.6 Å². The predicted octanol–water partition coefficient (Wildman–Crippen LogP) is 4.03. The minimum Gasteiger partial charge on any atom is -0.484 e. The van der Waals surface area contributed by atoms with Crippen LogP contribution >= 0.6 is 0 Å². The number of aryl methyl sites for hydroxylation is 4. The fourth-order valence-corrected chi connectivity index (χ4v) is 2.46. The molecule has 0 saturated carbocycles. The topological polar surface area (TPSA) is 64.4 Å². The zero-order chi connectivity index (χ0) is 19.3. The van der Waals surface area contributed by atoms with E-state index in [-0.39, 0.29) is 17.9 Å². The highest BCUT2D eigenvalue weighted by Crippen LogP contribution is 2.24. The summed E-state index contributed by atoms with van der Waals surface area (Å²) in [6, 6.07) is 5.82. The summed E-state index contributed by atoms with van der Waals surface area (Å²) in [6.07, 6.45) is 1.56. The van der Waals surface area contributed by atoms with Gasteiger partial charge >= 0.3 is 0 Å². The van der Waals surface area contributed by atoms with Gasteiger partial charge in [-0.3, -0.25) is 4.79 Å². The van der Waals surface area contributed by atoms with Crippen molar-refractivity contribution in [3.63, 3.8) is 0 Å². The van der Waals surface area contributed by atoms with Gasteiger partial charge in [0, 0.05) is 18.4 Å². The van der Waals surface area contributed by atoms with Gasteiger partial charge in [-0.2, -0.15) is 0 Å². The van der Waals surface area contributed by atoms with Crippen LogP contribution in [0.1, 0.15) is 55.7 Å². The number of carbonyl (C=O) groups excluding carboxylic acids is 1. The van der Waals surface area contributed by atoms with Crippen LogP contribution in [0.2, 0.25) is 0 Å². The highest BCUT2D eigenvalue weighted by atomic mass is 16.5. The molecular weight excluding hydrogens is 328 g/mol. The second-order valence-corrected chi connectivity index (χ2v) is 7.77. The summed E-state index contributed by atoms with van der Waals surface area (Å²) in [5.74, 6) is 2.26. The molecule has 5 heteroatoms. The van der Waals surface area contributed by atoms with Crippen molar-refractivity contribution in [2.45, 2.75) is 59.8 Å². The zero-order valence-electron chi connectivity index (χ0n) is 16.7. The number of hydrogen-bond donors (Lipinski definition) is 1. The maximum absolute atomic E-state index is 11.9. The molecule has 5 nitrogen and oxygen atoms in total. The summed E-state index contributed by atoms with van der Waals surface area (Å²) < 4.78 is 11.4. The Labute approximate surface area is 156 Å². The van der Waals surface area contributed by atoms with Crippen LogP contribution in [0.5, 0.6) is 5.75 Å². The van der Waals surface area contributed by atoms with Gasteiger partial charge in [-0.05, 0) is 50.5 Å². The molecule has 0 fully saturated rings. The maximum atomic E-state index is 11.9. The van der Waals surface area contributed by atoms with Gasteiger partial charge in [-0.25, -0.2) is 4.98 Å². The minimum absolute atomic E-state index is 0.0258. The lowest BCUT2D eigenvalue weighted by Crippen LogP contribution is -2.29. The van der Waals surface area contributed by atoms with E-state index in [9.17, 15) is 4.79 Å². The first-order chi connectivity index (χ1) is 12.2. The molecule has 1 aromatic heterocycles. The van der Waals surface area contributed by atoms with Crippen molar-refractivity contribution in [1.82, 2.24) is 10.3 Å². The molecule has 0 unspecified atom stereocenters. The molecule has 0 aliphatic rings. The number of nitrogens with one attached hydrogen (secondary N) is 1. The molecule has 2 rings (SSSR count). The monoisotopic (exact) mass is 358 g/mol. The van der Waals surface area contributed by atoms with E-state index in [1.165, 1.54) is 5.56 Å². The van der Waals surface area contributed by atoms with E-state index < -0.39 is 0 Å². The molecule has 0 saturated heterocycles. The number of oxazole rings is 1. The number of ether oxygens (including phenoxy) is 1. The molecular formula is C21H30N2O3. The third kappa shape index (κ3) is 5.61. The molecule has 1 amide bonds. The minimum atomic E-state index is -0.118. The van der Waals surface area contributed by atoms with Crippen molar-refractivity contribution in [1.29, 1.82) is 0 Å². The van der Waals surface area contributed by atoms with Crippen LogP contribution in [0.25, 0.3) is 0 Å². The third-order valence-electron chi connectivity index (χ3n) is 4.29. The van der Waals surface area contributed by atoms with Gasteiger partial charge in [0.25, 0.3) is 5.91 Å². The highest BCUT2D eigenvalue weighted by Gasteiger charge is 2.22. The lowest BCUT2D eigenvalue weighted by Gasteiger charge is -2.12. The van der Waals surface area contributed by atoms with Crippen LogP contribution in [0, 0.1) is 20.8 Å². The number of aromatic nitrogens is 1. The summed E-state index contributed by atoms with van der Waals surface area (Å²) in [5, 5.41) is 2.88. The van der Waals surface area contributed by atoms with E-state index in [0.29, 0.717) is 6.54 Å². The molecule has 0 radical (unpaired) electrons. The molecule has 1 aromatic carbocycles. The molecule has 1 heterocycles. The Hall–Kier alpha value is -2.30. The van der Waals surface area contributed by atoms with E-state index in [1.807, 2.05) is 39.0 Å². The molecule has 1 N–H and O–H groups in total. The number of amides is 1. The van der Waals surface area contributed by atoms with Gasteiger partial charge in [0.1, 0.15) is 11.5 Å². The Kier molecular flexibility index (Phi) is 6.46. The number of nitrogens with zero attached hydrogens (tertiary/aromatic N) is 1.